The minimum atomic E-state index is -0.711. The molecule has 0 saturated heterocycles. The number of rotatable bonds is 8. The second-order valence-electron chi connectivity index (χ2n) is 5.78. The normalized spacial score (nSPS) is 13.8. The summed E-state index contributed by atoms with van der Waals surface area (Å²) in [5, 5.41) is 7.26. The maximum absolute atomic E-state index is 14.5. The number of halogens is 1. The first kappa shape index (κ1) is 18.8. The minimum absolute atomic E-state index is 0.341. The second-order valence-corrected chi connectivity index (χ2v) is 5.78. The summed E-state index contributed by atoms with van der Waals surface area (Å²) < 4.78 is 22.1. The van der Waals surface area contributed by atoms with Gasteiger partial charge in [-0.15, -0.1) is 0 Å². The summed E-state index contributed by atoms with van der Waals surface area (Å²) in [5.41, 5.74) is 3.52. The summed E-state index contributed by atoms with van der Waals surface area (Å²) in [4.78, 5) is 0. The first-order valence-corrected chi connectivity index (χ1v) is 8.57. The molecular formula is C20H26FN3O. The Morgan fingerprint density at radius 2 is 2.20 bits per heavy atom. The van der Waals surface area contributed by atoms with Gasteiger partial charge in [0.05, 0.1) is 6.20 Å². The van der Waals surface area contributed by atoms with Gasteiger partial charge in [-0.1, -0.05) is 26.5 Å². The Morgan fingerprint density at radius 3 is 2.84 bits per heavy atom. The van der Waals surface area contributed by atoms with E-state index in [0.29, 0.717) is 5.75 Å². The van der Waals surface area contributed by atoms with Crippen molar-refractivity contribution in [2.75, 3.05) is 7.05 Å². The molecule has 2 aromatic rings. The molecule has 2 heterocycles. The highest BCUT2D eigenvalue weighted by molar-refractivity contribution is 5.81. The van der Waals surface area contributed by atoms with Crippen molar-refractivity contribution in [1.29, 1.82) is 0 Å². The summed E-state index contributed by atoms with van der Waals surface area (Å²) >= 11 is 0. The first-order chi connectivity index (χ1) is 12.0. The van der Waals surface area contributed by atoms with Crippen LogP contribution in [-0.4, -0.2) is 22.8 Å². The van der Waals surface area contributed by atoms with Crippen LogP contribution in [0.4, 0.5) is 4.39 Å². The number of fused-ring (bicyclic) bond motifs is 1. The van der Waals surface area contributed by atoms with E-state index < -0.39 is 6.10 Å². The molecule has 25 heavy (non-hydrogen) atoms. The average molecular weight is 343 g/mol. The lowest BCUT2D eigenvalue weighted by Crippen LogP contribution is -2.15. The molecule has 1 atom stereocenters. The topological polar surface area (TPSA) is 38.6 Å². The van der Waals surface area contributed by atoms with E-state index in [1.165, 1.54) is 6.08 Å². The maximum Gasteiger partial charge on any atom is 0.148 e. The Balaban J connectivity index is 2.33. The summed E-state index contributed by atoms with van der Waals surface area (Å²) in [6, 6.07) is 3.72. The molecule has 0 spiro atoms. The van der Waals surface area contributed by atoms with Crippen molar-refractivity contribution in [2.24, 2.45) is 0 Å². The molecule has 0 saturated carbocycles. The number of nitrogens with one attached hydrogen (secondary N) is 1. The smallest absolute Gasteiger partial charge is 0.148 e. The maximum atomic E-state index is 14.5. The molecule has 2 rings (SSSR count). The highest BCUT2D eigenvalue weighted by Gasteiger charge is 2.16. The van der Waals surface area contributed by atoms with Crippen LogP contribution in [0.25, 0.3) is 11.1 Å². The predicted molar refractivity (Wildman–Crippen MR) is 101 cm³/mol. The zero-order valence-electron chi connectivity index (χ0n) is 15.3. The lowest BCUT2D eigenvalue weighted by atomic mass is 10.1. The van der Waals surface area contributed by atoms with Crippen molar-refractivity contribution in [3.63, 3.8) is 0 Å². The van der Waals surface area contributed by atoms with Gasteiger partial charge >= 0.3 is 0 Å². The van der Waals surface area contributed by atoms with Crippen molar-refractivity contribution in [1.82, 2.24) is 14.9 Å². The van der Waals surface area contributed by atoms with Crippen LogP contribution in [0.5, 0.6) is 5.75 Å². The monoisotopic (exact) mass is 343 g/mol. The molecular weight excluding hydrogens is 317 g/mol. The largest absolute Gasteiger partial charge is 0.481 e. The fraction of sp³-hybridized carbons (Fsp3) is 0.350. The van der Waals surface area contributed by atoms with Gasteiger partial charge in [-0.25, -0.2) is 8.91 Å². The molecule has 0 aliphatic heterocycles. The van der Waals surface area contributed by atoms with Crippen LogP contribution in [0, 0.1) is 0 Å². The van der Waals surface area contributed by atoms with Crippen LogP contribution < -0.4 is 10.1 Å². The molecule has 1 N–H and O–H groups in total. The first-order valence-electron chi connectivity index (χ1n) is 8.57. The third-order valence-corrected chi connectivity index (χ3v) is 4.02. The minimum Gasteiger partial charge on any atom is -0.481 e. The number of hydrogen-bond acceptors (Lipinski definition) is 3. The van der Waals surface area contributed by atoms with E-state index in [1.807, 2.05) is 32.2 Å². The van der Waals surface area contributed by atoms with Crippen molar-refractivity contribution in [2.45, 2.75) is 39.7 Å². The van der Waals surface area contributed by atoms with E-state index in [9.17, 15) is 4.39 Å². The van der Waals surface area contributed by atoms with Gasteiger partial charge in [0.2, 0.25) is 0 Å². The average Bonchev–Trinajstić information content (AvgIpc) is 3.05. The van der Waals surface area contributed by atoms with Crippen molar-refractivity contribution in [3.8, 4) is 5.75 Å². The highest BCUT2D eigenvalue weighted by Crippen LogP contribution is 2.30. The fourth-order valence-corrected chi connectivity index (χ4v) is 2.55. The lowest BCUT2D eigenvalue weighted by Gasteiger charge is -2.15. The number of hydrogen-bond donors (Lipinski definition) is 1. The molecule has 0 aliphatic carbocycles. The van der Waals surface area contributed by atoms with Gasteiger partial charge in [0, 0.05) is 30.6 Å². The molecule has 4 nitrogen and oxygen atoms in total. The number of aromatic nitrogens is 2. The number of likely N-dealkylation sites (N-methyl/N-ethyl adjacent to an activating group) is 1. The number of allylic oxidation sites excluding steroid dienone is 3. The van der Waals surface area contributed by atoms with Crippen molar-refractivity contribution in [3.05, 3.63) is 60.3 Å². The number of nitrogens with zero attached hydrogens (tertiary/aromatic N) is 2. The molecule has 0 bridgehead atoms. The summed E-state index contributed by atoms with van der Waals surface area (Å²) in [6.07, 6.45) is 7.84. The molecule has 0 amide bonds. The molecule has 0 aliphatic rings. The van der Waals surface area contributed by atoms with Gasteiger partial charge in [0.25, 0.3) is 0 Å². The van der Waals surface area contributed by atoms with E-state index in [2.05, 4.69) is 17.0 Å². The lowest BCUT2D eigenvalue weighted by molar-refractivity contribution is 0.228. The van der Waals surface area contributed by atoms with Gasteiger partial charge in [-0.05, 0) is 37.5 Å². The Bertz CT molecular complexity index is 804. The van der Waals surface area contributed by atoms with Gasteiger partial charge in [-0.2, -0.15) is 5.10 Å². The third-order valence-electron chi connectivity index (χ3n) is 4.02. The summed E-state index contributed by atoms with van der Waals surface area (Å²) in [6.45, 7) is 9.84. The fourth-order valence-electron chi connectivity index (χ4n) is 2.55. The van der Waals surface area contributed by atoms with Crippen LogP contribution in [0.15, 0.2) is 54.8 Å². The third kappa shape index (κ3) is 4.29. The molecule has 1 unspecified atom stereocenters. The quantitative estimate of drug-likeness (QED) is 0.694. The van der Waals surface area contributed by atoms with Gasteiger partial charge in [0.15, 0.2) is 0 Å². The zero-order chi connectivity index (χ0) is 18.4. The van der Waals surface area contributed by atoms with Gasteiger partial charge < -0.3 is 10.1 Å². The second kappa shape index (κ2) is 8.51. The van der Waals surface area contributed by atoms with E-state index >= 15 is 0 Å². The van der Waals surface area contributed by atoms with Crippen LogP contribution in [-0.2, 0) is 0 Å². The van der Waals surface area contributed by atoms with E-state index in [4.69, 9.17) is 4.74 Å². The Hall–Kier alpha value is -2.56. The van der Waals surface area contributed by atoms with Crippen LogP contribution >= 0.6 is 0 Å². The zero-order valence-corrected chi connectivity index (χ0v) is 15.3. The van der Waals surface area contributed by atoms with Gasteiger partial charge in [0.1, 0.15) is 23.2 Å². The Kier molecular flexibility index (Phi) is 6.39. The highest BCUT2D eigenvalue weighted by atomic mass is 19.1. The predicted octanol–water partition coefficient (Wildman–Crippen LogP) is 4.89. The summed E-state index contributed by atoms with van der Waals surface area (Å²) in [5.74, 6) is 0.248. The molecule has 5 heteroatoms. The van der Waals surface area contributed by atoms with E-state index in [0.717, 1.165) is 35.2 Å². The van der Waals surface area contributed by atoms with Gasteiger partial charge in [-0.3, -0.25) is 0 Å². The summed E-state index contributed by atoms with van der Waals surface area (Å²) in [7, 11) is 1.77. The molecule has 0 fully saturated rings. The number of ether oxygens (including phenoxy) is 1. The van der Waals surface area contributed by atoms with E-state index in [1.54, 1.807) is 30.8 Å². The molecule has 134 valence electrons. The standard InChI is InChI=1S/C20H26FN3O/c1-6-8-16(22-5)13-18(21)15(4)25-19-9-11-23-24-12-10-17(20(19)24)14(3)7-2/h8-13,15,22H,3,6-7H2,1-2,4-5H3/b16-8+,18-13+. The van der Waals surface area contributed by atoms with E-state index in [-0.39, 0.29) is 5.83 Å². The SMILES string of the molecule is C=C(CC)c1ccn2nccc(OC(C)/C(F)=C\C(=C/CC)NC)c12. The van der Waals surface area contributed by atoms with Crippen LogP contribution in [0.2, 0.25) is 0 Å². The Labute approximate surface area is 148 Å². The van der Waals surface area contributed by atoms with Crippen LogP contribution in [0.1, 0.15) is 39.2 Å². The molecule has 0 radical (unpaired) electrons. The van der Waals surface area contributed by atoms with Crippen molar-refractivity contribution >= 4 is 11.1 Å². The Morgan fingerprint density at radius 1 is 1.44 bits per heavy atom. The molecule has 0 aromatic carbocycles. The van der Waals surface area contributed by atoms with Crippen molar-refractivity contribution < 1.29 is 9.13 Å². The van der Waals surface area contributed by atoms with Crippen LogP contribution in [0.3, 0.4) is 0 Å². The molecule has 2 aromatic heterocycles.